The number of aryl methyl sites for hydroxylation is 1. The molecular weight excluding hydrogens is 518 g/mol. The second-order valence-corrected chi connectivity index (χ2v) is 10.9. The molecule has 0 aliphatic rings. The van der Waals surface area contributed by atoms with E-state index in [1.165, 1.54) is 35.3 Å². The van der Waals surface area contributed by atoms with Crippen LogP contribution < -0.4 is 10.9 Å². The van der Waals surface area contributed by atoms with Crippen molar-refractivity contribution in [3.63, 3.8) is 0 Å². The molecule has 0 saturated heterocycles. The second kappa shape index (κ2) is 9.10. The number of phenolic OH excluding ortho intramolecular Hbond substituents is 1. The third-order valence-corrected chi connectivity index (χ3v) is 8.37. The van der Waals surface area contributed by atoms with Crippen molar-refractivity contribution in [3.05, 3.63) is 101 Å². The predicted octanol–water partition coefficient (Wildman–Crippen LogP) is 3.78. The van der Waals surface area contributed by atoms with Crippen LogP contribution in [0.2, 0.25) is 0 Å². The minimum absolute atomic E-state index is 0.0980. The van der Waals surface area contributed by atoms with E-state index in [1.807, 2.05) is 43.3 Å². The molecule has 0 spiro atoms. The van der Waals surface area contributed by atoms with Gasteiger partial charge in [0.25, 0.3) is 5.56 Å². The summed E-state index contributed by atoms with van der Waals surface area (Å²) in [4.78, 5) is 24.7. The van der Waals surface area contributed by atoms with Crippen LogP contribution in [-0.4, -0.2) is 42.7 Å². The number of H-pyrrole nitrogens is 1. The molecule has 0 aliphatic heterocycles. The molecule has 1 atom stereocenters. The van der Waals surface area contributed by atoms with Crippen molar-refractivity contribution < 1.29 is 13.5 Å². The number of para-hydroxylation sites is 2. The fraction of sp³-hybridized carbons (Fsp3) is 0.111. The van der Waals surface area contributed by atoms with Crippen LogP contribution in [0.5, 0.6) is 5.75 Å². The van der Waals surface area contributed by atoms with E-state index >= 15 is 0 Å². The summed E-state index contributed by atoms with van der Waals surface area (Å²) in [5.74, 6) is 0.250. The Labute approximate surface area is 222 Å². The third-order valence-electron chi connectivity index (χ3n) is 6.55. The van der Waals surface area contributed by atoms with Gasteiger partial charge < -0.3 is 15.4 Å². The van der Waals surface area contributed by atoms with Crippen molar-refractivity contribution >= 4 is 32.2 Å². The van der Waals surface area contributed by atoms with Crippen molar-refractivity contribution in [3.8, 4) is 11.4 Å². The first-order valence-corrected chi connectivity index (χ1v) is 13.5. The number of benzene rings is 2. The molecule has 6 aromatic rings. The van der Waals surface area contributed by atoms with Crippen LogP contribution >= 0.6 is 0 Å². The van der Waals surface area contributed by atoms with Crippen LogP contribution in [0.3, 0.4) is 0 Å². The largest absolute Gasteiger partial charge is 0.507 e. The fourth-order valence-electron chi connectivity index (χ4n) is 4.67. The Hall–Kier alpha value is -4.97. The molecule has 0 fully saturated rings. The quantitative estimate of drug-likeness (QED) is 0.289. The second-order valence-electron chi connectivity index (χ2n) is 9.06. The van der Waals surface area contributed by atoms with E-state index in [0.717, 1.165) is 5.56 Å². The SMILES string of the molecule is Cc1ccn2nc(C(C)Nc3ncnc4[nH]cc(S(=O)(=O)c5ccccc5O)c34)n(-c3ccccc3)c(=O)c12. The summed E-state index contributed by atoms with van der Waals surface area (Å²) in [7, 11) is -4.14. The van der Waals surface area contributed by atoms with Crippen molar-refractivity contribution in [1.82, 2.24) is 29.1 Å². The lowest BCUT2D eigenvalue weighted by molar-refractivity contribution is 0.459. The van der Waals surface area contributed by atoms with Crippen LogP contribution in [0.15, 0.2) is 94.0 Å². The monoisotopic (exact) mass is 541 g/mol. The Morgan fingerprint density at radius 3 is 2.51 bits per heavy atom. The predicted molar refractivity (Wildman–Crippen MR) is 145 cm³/mol. The van der Waals surface area contributed by atoms with Gasteiger partial charge in [-0.15, -0.1) is 0 Å². The highest BCUT2D eigenvalue weighted by atomic mass is 32.2. The molecule has 2 aromatic carbocycles. The minimum atomic E-state index is -4.14. The van der Waals surface area contributed by atoms with E-state index < -0.39 is 15.9 Å². The normalized spacial score (nSPS) is 12.7. The van der Waals surface area contributed by atoms with Gasteiger partial charge in [-0.2, -0.15) is 5.10 Å². The van der Waals surface area contributed by atoms with Crippen molar-refractivity contribution in [2.24, 2.45) is 0 Å². The van der Waals surface area contributed by atoms with E-state index in [9.17, 15) is 18.3 Å². The number of aromatic amines is 1. The van der Waals surface area contributed by atoms with E-state index in [2.05, 4.69) is 20.3 Å². The summed E-state index contributed by atoms with van der Waals surface area (Å²) in [6, 6.07) is 16.1. The zero-order chi connectivity index (χ0) is 27.3. The summed E-state index contributed by atoms with van der Waals surface area (Å²) in [6.45, 7) is 3.66. The van der Waals surface area contributed by atoms with Crippen molar-refractivity contribution in [2.45, 2.75) is 29.7 Å². The fourth-order valence-corrected chi connectivity index (χ4v) is 6.18. The van der Waals surface area contributed by atoms with Crippen LogP contribution in [0, 0.1) is 6.92 Å². The Balaban J connectivity index is 1.51. The number of sulfone groups is 1. The highest BCUT2D eigenvalue weighted by Crippen LogP contribution is 2.35. The highest BCUT2D eigenvalue weighted by molar-refractivity contribution is 7.91. The average molecular weight is 542 g/mol. The van der Waals surface area contributed by atoms with Crippen molar-refractivity contribution in [2.75, 3.05) is 5.32 Å². The van der Waals surface area contributed by atoms with Gasteiger partial charge in [-0.25, -0.2) is 22.9 Å². The van der Waals surface area contributed by atoms with Gasteiger partial charge >= 0.3 is 0 Å². The molecule has 4 heterocycles. The van der Waals surface area contributed by atoms with Crippen LogP contribution in [0.4, 0.5) is 5.82 Å². The first kappa shape index (κ1) is 24.4. The molecule has 11 nitrogen and oxygen atoms in total. The topological polar surface area (TPSA) is 147 Å². The smallest absolute Gasteiger partial charge is 0.282 e. The summed E-state index contributed by atoms with van der Waals surface area (Å²) >= 11 is 0. The lowest BCUT2D eigenvalue weighted by Gasteiger charge is -2.20. The zero-order valence-corrected chi connectivity index (χ0v) is 21.7. The van der Waals surface area contributed by atoms with Gasteiger partial charge in [-0.05, 0) is 49.7 Å². The number of phenols is 1. The number of rotatable bonds is 6. The number of aromatic hydroxyl groups is 1. The molecular formula is C27H23N7O4S. The van der Waals surface area contributed by atoms with Gasteiger partial charge in [0.2, 0.25) is 9.84 Å². The number of fused-ring (bicyclic) bond motifs is 2. The van der Waals surface area contributed by atoms with E-state index in [4.69, 9.17) is 5.10 Å². The molecule has 12 heteroatoms. The number of nitrogens with zero attached hydrogens (tertiary/aromatic N) is 5. The molecule has 1 unspecified atom stereocenters. The third kappa shape index (κ3) is 3.92. The summed E-state index contributed by atoms with van der Waals surface area (Å²) in [6.07, 6.45) is 4.36. The number of anilines is 1. The Morgan fingerprint density at radius 1 is 1.00 bits per heavy atom. The van der Waals surface area contributed by atoms with Crippen LogP contribution in [0.25, 0.3) is 22.2 Å². The Morgan fingerprint density at radius 2 is 1.74 bits per heavy atom. The highest BCUT2D eigenvalue weighted by Gasteiger charge is 2.28. The van der Waals surface area contributed by atoms with E-state index in [0.29, 0.717) is 22.7 Å². The Bertz CT molecular complexity index is 2030. The molecule has 0 amide bonds. The van der Waals surface area contributed by atoms with Gasteiger partial charge in [0.15, 0.2) is 5.82 Å². The van der Waals surface area contributed by atoms with E-state index in [1.54, 1.807) is 23.7 Å². The number of hydrogen-bond acceptors (Lipinski definition) is 8. The summed E-state index contributed by atoms with van der Waals surface area (Å²) in [5.41, 5.74) is 1.95. The number of nitrogens with one attached hydrogen (secondary N) is 2. The van der Waals surface area contributed by atoms with Gasteiger partial charge in [-0.1, -0.05) is 30.3 Å². The maximum atomic E-state index is 13.7. The lowest BCUT2D eigenvalue weighted by Crippen LogP contribution is -2.29. The Kier molecular flexibility index (Phi) is 5.69. The van der Waals surface area contributed by atoms with E-state index in [-0.39, 0.29) is 32.3 Å². The zero-order valence-electron chi connectivity index (χ0n) is 20.9. The summed E-state index contributed by atoms with van der Waals surface area (Å²) in [5, 5.41) is 18.5. The maximum Gasteiger partial charge on any atom is 0.282 e. The summed E-state index contributed by atoms with van der Waals surface area (Å²) < 4.78 is 30.2. The molecule has 0 saturated carbocycles. The van der Waals surface area contributed by atoms with Crippen LogP contribution in [0.1, 0.15) is 24.4 Å². The van der Waals surface area contributed by atoms with Gasteiger partial charge in [0.05, 0.1) is 17.1 Å². The van der Waals surface area contributed by atoms with Gasteiger partial charge in [0, 0.05) is 12.4 Å². The molecule has 0 aliphatic carbocycles. The molecule has 4 aromatic heterocycles. The molecule has 6 rings (SSSR count). The number of hydrogen-bond donors (Lipinski definition) is 3. The van der Waals surface area contributed by atoms with Gasteiger partial charge in [-0.3, -0.25) is 9.36 Å². The standard InChI is InChI=1S/C27H23N7O4S/c1-16-12-13-33-23(16)27(36)34(18-8-4-3-5-9-18)26(32-33)17(2)31-25-22-21(14-28-24(22)29-15-30-25)39(37,38)20-11-7-6-10-19(20)35/h3-15,17,35H,1-2H3,(H2,28,29,30,31). The average Bonchev–Trinajstić information content (AvgIpc) is 3.54. The molecule has 3 N–H and O–H groups in total. The minimum Gasteiger partial charge on any atom is -0.507 e. The first-order valence-electron chi connectivity index (χ1n) is 12.1. The van der Waals surface area contributed by atoms with Gasteiger partial charge in [0.1, 0.15) is 38.8 Å². The molecule has 0 bridgehead atoms. The molecule has 0 radical (unpaired) electrons. The number of aromatic nitrogens is 6. The molecule has 39 heavy (non-hydrogen) atoms. The lowest BCUT2D eigenvalue weighted by atomic mass is 10.2. The maximum absolute atomic E-state index is 13.7. The van der Waals surface area contributed by atoms with Crippen LogP contribution in [-0.2, 0) is 9.84 Å². The molecule has 196 valence electrons. The first-order chi connectivity index (χ1) is 18.8. The van der Waals surface area contributed by atoms with Crippen molar-refractivity contribution in [1.29, 1.82) is 0 Å².